The lowest BCUT2D eigenvalue weighted by Gasteiger charge is -2.03. The highest BCUT2D eigenvalue weighted by Crippen LogP contribution is 2.12. The highest BCUT2D eigenvalue weighted by atomic mass is 16.5. The zero-order chi connectivity index (χ0) is 14.6. The van der Waals surface area contributed by atoms with Crippen LogP contribution in [0.4, 0.5) is 0 Å². The van der Waals surface area contributed by atoms with Gasteiger partial charge in [-0.3, -0.25) is 4.79 Å². The van der Waals surface area contributed by atoms with E-state index in [1.807, 2.05) is 37.3 Å². The highest BCUT2D eigenvalue weighted by Gasteiger charge is 1.95. The van der Waals surface area contributed by atoms with Crippen LogP contribution in [0.5, 0.6) is 5.75 Å². The summed E-state index contributed by atoms with van der Waals surface area (Å²) in [5.41, 5.74) is 0.995. The second kappa shape index (κ2) is 10.1. The van der Waals surface area contributed by atoms with E-state index in [0.29, 0.717) is 6.61 Å². The molecule has 0 saturated heterocycles. The van der Waals surface area contributed by atoms with Crippen LogP contribution in [0.1, 0.15) is 45.1 Å². The molecule has 0 aromatic heterocycles. The lowest BCUT2D eigenvalue weighted by Crippen LogP contribution is -2.21. The van der Waals surface area contributed by atoms with E-state index in [9.17, 15) is 4.79 Å². The first-order chi connectivity index (χ1) is 9.76. The average molecular weight is 275 g/mol. The normalized spacial score (nSPS) is 10.7. The summed E-state index contributed by atoms with van der Waals surface area (Å²) in [4.78, 5) is 11.6. The summed E-state index contributed by atoms with van der Waals surface area (Å²) in [6.07, 6.45) is 8.08. The van der Waals surface area contributed by atoms with Gasteiger partial charge in [-0.2, -0.15) is 0 Å². The third-order valence-electron chi connectivity index (χ3n) is 2.95. The number of hydrogen-bond acceptors (Lipinski definition) is 2. The van der Waals surface area contributed by atoms with Gasteiger partial charge in [0.15, 0.2) is 0 Å². The Kier molecular flexibility index (Phi) is 8.20. The zero-order valence-corrected chi connectivity index (χ0v) is 12.5. The molecule has 3 nitrogen and oxygen atoms in total. The van der Waals surface area contributed by atoms with Gasteiger partial charge in [0, 0.05) is 12.6 Å². The van der Waals surface area contributed by atoms with Gasteiger partial charge >= 0.3 is 0 Å². The van der Waals surface area contributed by atoms with Crippen molar-refractivity contribution in [1.82, 2.24) is 5.32 Å². The van der Waals surface area contributed by atoms with Crippen molar-refractivity contribution >= 4 is 12.0 Å². The third kappa shape index (κ3) is 6.98. The molecule has 1 aromatic rings. The SMILES string of the molecule is CCCCCCNC(=O)/C=C/c1ccc(OCC)cc1. The van der Waals surface area contributed by atoms with Crippen LogP contribution in [0.25, 0.3) is 6.08 Å². The molecule has 1 amide bonds. The van der Waals surface area contributed by atoms with Gasteiger partial charge in [0.05, 0.1) is 6.61 Å². The molecule has 0 saturated carbocycles. The summed E-state index contributed by atoms with van der Waals surface area (Å²) in [5.74, 6) is 0.820. The summed E-state index contributed by atoms with van der Waals surface area (Å²) >= 11 is 0. The largest absolute Gasteiger partial charge is 0.494 e. The smallest absolute Gasteiger partial charge is 0.243 e. The van der Waals surface area contributed by atoms with Crippen molar-refractivity contribution in [2.24, 2.45) is 0 Å². The fourth-order valence-electron chi connectivity index (χ4n) is 1.84. The molecule has 0 aliphatic rings. The lowest BCUT2D eigenvalue weighted by molar-refractivity contribution is -0.116. The third-order valence-corrected chi connectivity index (χ3v) is 2.95. The Morgan fingerprint density at radius 2 is 1.90 bits per heavy atom. The molecule has 0 aliphatic heterocycles. The monoisotopic (exact) mass is 275 g/mol. The molecule has 0 fully saturated rings. The van der Waals surface area contributed by atoms with Crippen molar-refractivity contribution < 1.29 is 9.53 Å². The van der Waals surface area contributed by atoms with Gasteiger partial charge in [-0.05, 0) is 37.1 Å². The number of rotatable bonds is 9. The predicted molar refractivity (Wildman–Crippen MR) is 83.8 cm³/mol. The number of nitrogens with one attached hydrogen (secondary N) is 1. The molecule has 0 bridgehead atoms. The minimum absolute atomic E-state index is 0.0321. The van der Waals surface area contributed by atoms with Crippen LogP contribution in [0.15, 0.2) is 30.3 Å². The van der Waals surface area contributed by atoms with Crippen LogP contribution >= 0.6 is 0 Å². The van der Waals surface area contributed by atoms with Crippen molar-refractivity contribution in [1.29, 1.82) is 0 Å². The molecule has 0 atom stereocenters. The summed E-state index contributed by atoms with van der Waals surface area (Å²) < 4.78 is 5.37. The van der Waals surface area contributed by atoms with E-state index in [2.05, 4.69) is 12.2 Å². The standard InChI is InChI=1S/C17H25NO2/c1-3-5-6-7-14-18-17(19)13-10-15-8-11-16(12-9-15)20-4-2/h8-13H,3-7,14H2,1-2H3,(H,18,19)/b13-10+. The Morgan fingerprint density at radius 1 is 1.15 bits per heavy atom. The maximum atomic E-state index is 11.6. The maximum Gasteiger partial charge on any atom is 0.243 e. The van der Waals surface area contributed by atoms with Gasteiger partial charge in [-0.25, -0.2) is 0 Å². The summed E-state index contributed by atoms with van der Waals surface area (Å²) in [6.45, 7) is 5.55. The summed E-state index contributed by atoms with van der Waals surface area (Å²) in [6, 6.07) is 7.70. The second-order valence-electron chi connectivity index (χ2n) is 4.69. The first-order valence-corrected chi connectivity index (χ1v) is 7.45. The van der Waals surface area contributed by atoms with Gasteiger partial charge in [-0.15, -0.1) is 0 Å². The van der Waals surface area contributed by atoms with Crippen molar-refractivity contribution in [2.45, 2.75) is 39.5 Å². The molecule has 1 rings (SSSR count). The van der Waals surface area contributed by atoms with Crippen LogP contribution in [0.2, 0.25) is 0 Å². The van der Waals surface area contributed by atoms with E-state index in [0.717, 1.165) is 24.3 Å². The highest BCUT2D eigenvalue weighted by molar-refractivity contribution is 5.91. The topological polar surface area (TPSA) is 38.3 Å². The van der Waals surface area contributed by atoms with Crippen LogP contribution in [0, 0.1) is 0 Å². The van der Waals surface area contributed by atoms with Crippen LogP contribution in [0.3, 0.4) is 0 Å². The van der Waals surface area contributed by atoms with Crippen LogP contribution in [-0.2, 0) is 4.79 Å². The van der Waals surface area contributed by atoms with Gasteiger partial charge in [0.2, 0.25) is 5.91 Å². The molecule has 0 radical (unpaired) electrons. The van der Waals surface area contributed by atoms with E-state index in [1.54, 1.807) is 6.08 Å². The minimum Gasteiger partial charge on any atom is -0.494 e. The molecule has 1 aromatic carbocycles. The maximum absolute atomic E-state index is 11.6. The van der Waals surface area contributed by atoms with Crippen LogP contribution in [-0.4, -0.2) is 19.1 Å². The van der Waals surface area contributed by atoms with Gasteiger partial charge in [-0.1, -0.05) is 38.3 Å². The Balaban J connectivity index is 2.29. The number of amides is 1. The molecular formula is C17H25NO2. The number of benzene rings is 1. The Hall–Kier alpha value is -1.77. The van der Waals surface area contributed by atoms with Crippen molar-refractivity contribution in [2.75, 3.05) is 13.2 Å². The van der Waals surface area contributed by atoms with Crippen molar-refractivity contribution in [3.05, 3.63) is 35.9 Å². The molecule has 110 valence electrons. The lowest BCUT2D eigenvalue weighted by atomic mass is 10.2. The van der Waals surface area contributed by atoms with Crippen LogP contribution < -0.4 is 10.1 Å². The quantitative estimate of drug-likeness (QED) is 0.550. The first-order valence-electron chi connectivity index (χ1n) is 7.45. The number of hydrogen-bond donors (Lipinski definition) is 1. The minimum atomic E-state index is -0.0321. The predicted octanol–water partition coefficient (Wildman–Crippen LogP) is 3.80. The molecule has 0 heterocycles. The Morgan fingerprint density at radius 3 is 2.55 bits per heavy atom. The molecule has 3 heteroatoms. The van der Waals surface area contributed by atoms with Gasteiger partial charge in [0.25, 0.3) is 0 Å². The molecule has 0 spiro atoms. The van der Waals surface area contributed by atoms with E-state index >= 15 is 0 Å². The van der Waals surface area contributed by atoms with E-state index in [-0.39, 0.29) is 5.91 Å². The average Bonchev–Trinajstić information content (AvgIpc) is 2.47. The summed E-state index contributed by atoms with van der Waals surface area (Å²) in [7, 11) is 0. The second-order valence-corrected chi connectivity index (χ2v) is 4.69. The fourth-order valence-corrected chi connectivity index (χ4v) is 1.84. The van der Waals surface area contributed by atoms with E-state index in [1.165, 1.54) is 19.3 Å². The molecule has 1 N–H and O–H groups in total. The molecule has 0 unspecified atom stereocenters. The Bertz CT molecular complexity index is 410. The fraction of sp³-hybridized carbons (Fsp3) is 0.471. The summed E-state index contributed by atoms with van der Waals surface area (Å²) in [5, 5.41) is 2.89. The number of ether oxygens (including phenoxy) is 1. The van der Waals surface area contributed by atoms with E-state index < -0.39 is 0 Å². The molecule has 0 aliphatic carbocycles. The number of unbranched alkanes of at least 4 members (excludes halogenated alkanes) is 3. The first kappa shape index (κ1) is 16.3. The number of carbonyl (C=O) groups excluding carboxylic acids is 1. The Labute approximate surface area is 122 Å². The number of carbonyl (C=O) groups is 1. The molecular weight excluding hydrogens is 250 g/mol. The van der Waals surface area contributed by atoms with Gasteiger partial charge in [0.1, 0.15) is 5.75 Å². The zero-order valence-electron chi connectivity index (χ0n) is 12.5. The molecule has 20 heavy (non-hydrogen) atoms. The van der Waals surface area contributed by atoms with Crippen molar-refractivity contribution in [3.8, 4) is 5.75 Å². The van der Waals surface area contributed by atoms with Gasteiger partial charge < -0.3 is 10.1 Å². The van der Waals surface area contributed by atoms with E-state index in [4.69, 9.17) is 4.74 Å². The van der Waals surface area contributed by atoms with Crippen molar-refractivity contribution in [3.63, 3.8) is 0 Å².